The minimum Gasteiger partial charge on any atom is -0.383 e. The number of amides is 1. The molecule has 1 unspecified atom stereocenters. The lowest BCUT2D eigenvalue weighted by Gasteiger charge is -2.28. The largest absolute Gasteiger partial charge is 0.383 e. The van der Waals surface area contributed by atoms with E-state index in [4.69, 9.17) is 4.74 Å². The quantitative estimate of drug-likeness (QED) is 0.791. The summed E-state index contributed by atoms with van der Waals surface area (Å²) in [4.78, 5) is 18.0. The number of H-pyrrole nitrogens is 1. The molecule has 1 aromatic heterocycles. The second-order valence-corrected chi connectivity index (χ2v) is 4.40. The Bertz CT molecular complexity index is 362. The molecule has 1 amide bonds. The summed E-state index contributed by atoms with van der Waals surface area (Å²) in [6.45, 7) is 3.21. The minimum absolute atomic E-state index is 0.0982. The number of aromatic nitrogens is 3. The van der Waals surface area contributed by atoms with Crippen molar-refractivity contribution in [2.45, 2.75) is 25.8 Å². The maximum absolute atomic E-state index is 12.2. The van der Waals surface area contributed by atoms with E-state index in [2.05, 4.69) is 22.1 Å². The van der Waals surface area contributed by atoms with Crippen molar-refractivity contribution in [2.75, 3.05) is 20.3 Å². The van der Waals surface area contributed by atoms with E-state index >= 15 is 0 Å². The van der Waals surface area contributed by atoms with E-state index in [-0.39, 0.29) is 11.9 Å². The maximum atomic E-state index is 12.2. The molecule has 1 heterocycles. The number of hydrogen-bond donors (Lipinski definition) is 1. The number of ether oxygens (including phenoxy) is 1. The lowest BCUT2D eigenvalue weighted by molar-refractivity contribution is 0.0583. The molecule has 0 bridgehead atoms. The Kier molecular flexibility index (Phi) is 3.73. The van der Waals surface area contributed by atoms with E-state index in [0.29, 0.717) is 24.9 Å². The zero-order valence-corrected chi connectivity index (χ0v) is 10.2. The molecule has 0 spiro atoms. The van der Waals surface area contributed by atoms with E-state index in [1.807, 2.05) is 4.90 Å². The Morgan fingerprint density at radius 3 is 3.00 bits per heavy atom. The van der Waals surface area contributed by atoms with Crippen LogP contribution in [0, 0.1) is 5.92 Å². The predicted octanol–water partition coefficient (Wildman–Crippen LogP) is 0.692. The molecule has 0 aromatic carbocycles. The van der Waals surface area contributed by atoms with Gasteiger partial charge in [-0.2, -0.15) is 5.10 Å². The molecule has 1 aromatic rings. The van der Waals surface area contributed by atoms with Crippen LogP contribution >= 0.6 is 0 Å². The molecule has 1 saturated carbocycles. The average Bonchev–Trinajstić information content (AvgIpc) is 3.04. The van der Waals surface area contributed by atoms with Gasteiger partial charge in [0.25, 0.3) is 5.91 Å². The first-order chi connectivity index (χ1) is 8.24. The van der Waals surface area contributed by atoms with Crippen LogP contribution in [-0.2, 0) is 4.74 Å². The van der Waals surface area contributed by atoms with Gasteiger partial charge in [0.1, 0.15) is 6.33 Å². The summed E-state index contributed by atoms with van der Waals surface area (Å²) in [5.41, 5.74) is 0. The van der Waals surface area contributed by atoms with Gasteiger partial charge < -0.3 is 9.64 Å². The summed E-state index contributed by atoms with van der Waals surface area (Å²) >= 11 is 0. The van der Waals surface area contributed by atoms with E-state index in [9.17, 15) is 4.79 Å². The highest BCUT2D eigenvalue weighted by Gasteiger charge is 2.35. The SMILES string of the molecule is COCCN(C(=O)c1ncn[nH]1)C(C)C1CC1. The average molecular weight is 238 g/mol. The highest BCUT2D eigenvalue weighted by atomic mass is 16.5. The molecule has 6 nitrogen and oxygen atoms in total. The smallest absolute Gasteiger partial charge is 0.291 e. The highest BCUT2D eigenvalue weighted by Crippen LogP contribution is 2.35. The summed E-state index contributed by atoms with van der Waals surface area (Å²) in [5, 5.41) is 6.33. The lowest BCUT2D eigenvalue weighted by atomic mass is 10.2. The molecule has 2 rings (SSSR count). The van der Waals surface area contributed by atoms with Crippen molar-refractivity contribution in [1.82, 2.24) is 20.1 Å². The van der Waals surface area contributed by atoms with E-state index in [0.717, 1.165) is 0 Å². The fourth-order valence-electron chi connectivity index (χ4n) is 1.96. The second-order valence-electron chi connectivity index (χ2n) is 4.40. The number of nitrogens with zero attached hydrogens (tertiary/aromatic N) is 3. The first-order valence-corrected chi connectivity index (χ1v) is 5.89. The van der Waals surface area contributed by atoms with Gasteiger partial charge in [0, 0.05) is 19.7 Å². The molecule has 1 fully saturated rings. The van der Waals surface area contributed by atoms with Gasteiger partial charge in [-0.05, 0) is 25.7 Å². The first kappa shape index (κ1) is 12.0. The summed E-state index contributed by atoms with van der Waals surface area (Å²) in [7, 11) is 1.64. The van der Waals surface area contributed by atoms with Gasteiger partial charge in [0.05, 0.1) is 6.61 Å². The maximum Gasteiger partial charge on any atom is 0.291 e. The summed E-state index contributed by atoms with van der Waals surface area (Å²) in [5.74, 6) is 0.825. The van der Waals surface area contributed by atoms with Crippen LogP contribution in [0.25, 0.3) is 0 Å². The zero-order chi connectivity index (χ0) is 12.3. The van der Waals surface area contributed by atoms with Crippen molar-refractivity contribution in [3.63, 3.8) is 0 Å². The number of aromatic amines is 1. The van der Waals surface area contributed by atoms with Crippen molar-refractivity contribution >= 4 is 5.91 Å². The first-order valence-electron chi connectivity index (χ1n) is 5.89. The lowest BCUT2D eigenvalue weighted by Crippen LogP contribution is -2.42. The molecule has 0 saturated heterocycles. The van der Waals surface area contributed by atoms with Crippen LogP contribution in [0.3, 0.4) is 0 Å². The molecular formula is C11H18N4O2. The van der Waals surface area contributed by atoms with Gasteiger partial charge in [-0.1, -0.05) is 0 Å². The van der Waals surface area contributed by atoms with Crippen LogP contribution in [0.2, 0.25) is 0 Å². The Balaban J connectivity index is 2.05. The normalized spacial score (nSPS) is 16.8. The third-order valence-corrected chi connectivity index (χ3v) is 3.21. The molecular weight excluding hydrogens is 220 g/mol. The summed E-state index contributed by atoms with van der Waals surface area (Å²) in [6.07, 6.45) is 3.76. The molecule has 6 heteroatoms. The third kappa shape index (κ3) is 2.82. The Morgan fingerprint density at radius 2 is 2.47 bits per heavy atom. The topological polar surface area (TPSA) is 71.1 Å². The number of hydrogen-bond acceptors (Lipinski definition) is 4. The molecule has 17 heavy (non-hydrogen) atoms. The van der Waals surface area contributed by atoms with Gasteiger partial charge in [0.2, 0.25) is 5.82 Å². The van der Waals surface area contributed by atoms with Crippen LogP contribution in [0.1, 0.15) is 30.4 Å². The van der Waals surface area contributed by atoms with Crippen LogP contribution in [0.5, 0.6) is 0 Å². The predicted molar refractivity (Wildman–Crippen MR) is 61.5 cm³/mol. The number of methoxy groups -OCH3 is 1. The Morgan fingerprint density at radius 1 is 1.71 bits per heavy atom. The second kappa shape index (κ2) is 5.27. The molecule has 94 valence electrons. The molecule has 1 aliphatic carbocycles. The van der Waals surface area contributed by atoms with Gasteiger partial charge >= 0.3 is 0 Å². The highest BCUT2D eigenvalue weighted by molar-refractivity contribution is 5.90. The third-order valence-electron chi connectivity index (χ3n) is 3.21. The minimum atomic E-state index is -0.0982. The fraction of sp³-hybridized carbons (Fsp3) is 0.727. The molecule has 0 radical (unpaired) electrons. The van der Waals surface area contributed by atoms with Crippen LogP contribution < -0.4 is 0 Å². The van der Waals surface area contributed by atoms with Gasteiger partial charge in [-0.25, -0.2) is 4.98 Å². The fourth-order valence-corrected chi connectivity index (χ4v) is 1.96. The van der Waals surface area contributed by atoms with Gasteiger partial charge in [-0.15, -0.1) is 0 Å². The van der Waals surface area contributed by atoms with Crippen molar-refractivity contribution in [3.05, 3.63) is 12.2 Å². The van der Waals surface area contributed by atoms with E-state index in [1.54, 1.807) is 7.11 Å². The van der Waals surface area contributed by atoms with Crippen LogP contribution in [0.15, 0.2) is 6.33 Å². The number of rotatable bonds is 6. The van der Waals surface area contributed by atoms with Crippen molar-refractivity contribution < 1.29 is 9.53 Å². The van der Waals surface area contributed by atoms with E-state index in [1.165, 1.54) is 19.2 Å². The van der Waals surface area contributed by atoms with Gasteiger partial charge in [-0.3, -0.25) is 9.89 Å². The molecule has 1 aliphatic rings. The molecule has 0 aliphatic heterocycles. The summed E-state index contributed by atoms with van der Waals surface area (Å²) < 4.78 is 5.05. The Labute approximate surface area is 100 Å². The molecule has 1 N–H and O–H groups in total. The molecule has 1 atom stereocenters. The number of carbonyl (C=O) groups is 1. The number of nitrogens with one attached hydrogen (secondary N) is 1. The zero-order valence-electron chi connectivity index (χ0n) is 10.2. The summed E-state index contributed by atoms with van der Waals surface area (Å²) in [6, 6.07) is 0.239. The van der Waals surface area contributed by atoms with Gasteiger partial charge in [0.15, 0.2) is 0 Å². The number of carbonyl (C=O) groups excluding carboxylic acids is 1. The standard InChI is InChI=1S/C11H18N4O2/c1-8(9-3-4-9)15(5-6-17-2)11(16)10-12-7-13-14-10/h7-9H,3-6H2,1-2H3,(H,12,13,14). The Hall–Kier alpha value is -1.43. The van der Waals surface area contributed by atoms with Crippen molar-refractivity contribution in [3.8, 4) is 0 Å². The monoisotopic (exact) mass is 238 g/mol. The van der Waals surface area contributed by atoms with Crippen molar-refractivity contribution in [2.24, 2.45) is 5.92 Å². The van der Waals surface area contributed by atoms with Crippen LogP contribution in [-0.4, -0.2) is 52.3 Å². The van der Waals surface area contributed by atoms with Crippen LogP contribution in [0.4, 0.5) is 0 Å². The van der Waals surface area contributed by atoms with Crippen molar-refractivity contribution in [1.29, 1.82) is 0 Å². The van der Waals surface area contributed by atoms with E-state index < -0.39 is 0 Å².